The van der Waals surface area contributed by atoms with Gasteiger partial charge in [-0.25, -0.2) is 8.78 Å². The molecule has 1 aliphatic carbocycles. The summed E-state index contributed by atoms with van der Waals surface area (Å²) in [5.74, 6) is -0.424. The van der Waals surface area contributed by atoms with Gasteiger partial charge in [0.2, 0.25) is 0 Å². The molecular weight excluding hydrogens is 387 g/mol. The van der Waals surface area contributed by atoms with E-state index in [1.165, 1.54) is 18.2 Å². The van der Waals surface area contributed by atoms with Gasteiger partial charge in [0, 0.05) is 30.1 Å². The topological polar surface area (TPSA) is 36.4 Å². The first-order chi connectivity index (χ1) is 9.31. The molecule has 0 amide bonds. The molecule has 3 nitrogen and oxygen atoms in total. The number of aliphatic imine (C=N–C) groups is 1. The summed E-state index contributed by atoms with van der Waals surface area (Å²) in [5, 5.41) is 6.44. The molecule has 1 fully saturated rings. The molecule has 2 N–H and O–H groups in total. The summed E-state index contributed by atoms with van der Waals surface area (Å²) in [6, 6.07) is 4.01. The van der Waals surface area contributed by atoms with Crippen molar-refractivity contribution < 1.29 is 8.78 Å². The number of hydrogen-bond donors (Lipinski definition) is 2. The number of hydrogen-bond acceptors (Lipinski definition) is 1. The number of halogens is 3. The third-order valence-corrected chi connectivity index (χ3v) is 3.20. The summed E-state index contributed by atoms with van der Waals surface area (Å²) >= 11 is 0. The van der Waals surface area contributed by atoms with Crippen molar-refractivity contribution in [1.29, 1.82) is 0 Å². The molecule has 2 unspecified atom stereocenters. The van der Waals surface area contributed by atoms with Gasteiger partial charge in [0.1, 0.15) is 11.6 Å². The monoisotopic (exact) mass is 409 g/mol. The second-order valence-electron chi connectivity index (χ2n) is 6.18. The number of nitrogens with zero attached hydrogens (tertiary/aromatic N) is 1. The fourth-order valence-corrected chi connectivity index (χ4v) is 2.23. The summed E-state index contributed by atoms with van der Waals surface area (Å²) in [6.07, 6.45) is 0.711. The number of rotatable bonds is 2. The fourth-order valence-electron chi connectivity index (χ4n) is 2.23. The van der Waals surface area contributed by atoms with E-state index < -0.39 is 11.6 Å². The molecule has 2 atom stereocenters. The van der Waals surface area contributed by atoms with Gasteiger partial charge in [-0.15, -0.1) is 24.0 Å². The van der Waals surface area contributed by atoms with Crippen LogP contribution in [0.15, 0.2) is 23.2 Å². The smallest absolute Gasteiger partial charge is 0.191 e. The molecule has 1 saturated carbocycles. The molecule has 1 aromatic carbocycles. The minimum Gasteiger partial charge on any atom is -0.353 e. The second kappa shape index (κ2) is 6.89. The van der Waals surface area contributed by atoms with Crippen LogP contribution in [0.5, 0.6) is 0 Å². The zero-order chi connectivity index (χ0) is 14.9. The van der Waals surface area contributed by atoms with Crippen molar-refractivity contribution in [2.45, 2.75) is 44.7 Å². The zero-order valence-corrected chi connectivity index (χ0v) is 15.0. The lowest BCUT2D eigenvalue weighted by molar-refractivity contribution is 0.500. The van der Waals surface area contributed by atoms with Crippen LogP contribution in [-0.2, 0) is 0 Å². The Hall–Kier alpha value is -0.920. The van der Waals surface area contributed by atoms with Crippen LogP contribution in [0.25, 0.3) is 0 Å². The molecule has 0 aromatic heterocycles. The molecule has 21 heavy (non-hydrogen) atoms. The summed E-state index contributed by atoms with van der Waals surface area (Å²) in [5.41, 5.74) is 0.0614. The average molecular weight is 409 g/mol. The van der Waals surface area contributed by atoms with Gasteiger partial charge >= 0.3 is 0 Å². The molecule has 0 aliphatic heterocycles. The first kappa shape index (κ1) is 18.1. The third kappa shape index (κ3) is 4.79. The highest BCUT2D eigenvalue weighted by molar-refractivity contribution is 14.0. The highest BCUT2D eigenvalue weighted by atomic mass is 127. The van der Waals surface area contributed by atoms with E-state index in [1.807, 2.05) is 20.8 Å². The summed E-state index contributed by atoms with van der Waals surface area (Å²) < 4.78 is 27.4. The molecule has 0 radical (unpaired) electrons. The fraction of sp³-hybridized carbons (Fsp3) is 0.533. The van der Waals surface area contributed by atoms with Gasteiger partial charge < -0.3 is 10.6 Å². The molecule has 118 valence electrons. The Bertz CT molecular complexity index is 506. The van der Waals surface area contributed by atoms with Crippen LogP contribution >= 0.6 is 24.0 Å². The summed E-state index contributed by atoms with van der Waals surface area (Å²) in [6.45, 7) is 6.09. The van der Waals surface area contributed by atoms with Gasteiger partial charge in [-0.3, -0.25) is 4.99 Å². The van der Waals surface area contributed by atoms with Crippen molar-refractivity contribution in [3.63, 3.8) is 0 Å². The molecular formula is C15H22F2IN3. The van der Waals surface area contributed by atoms with E-state index in [-0.39, 0.29) is 47.0 Å². The Morgan fingerprint density at radius 2 is 1.81 bits per heavy atom. The standard InChI is InChI=1S/C15H21F2N3.HI/c1-15(2,3)20-14(18-4)19-12-8-9(12)13-10(16)6-5-7-11(13)17;/h5-7,9,12H,8H2,1-4H3,(H2,18,19,20);1H. The van der Waals surface area contributed by atoms with Crippen molar-refractivity contribution in [1.82, 2.24) is 10.6 Å². The Morgan fingerprint density at radius 3 is 2.29 bits per heavy atom. The van der Waals surface area contributed by atoms with Crippen LogP contribution in [-0.4, -0.2) is 24.6 Å². The maximum Gasteiger partial charge on any atom is 0.191 e. The van der Waals surface area contributed by atoms with E-state index in [2.05, 4.69) is 15.6 Å². The lowest BCUT2D eigenvalue weighted by atomic mass is 10.1. The van der Waals surface area contributed by atoms with Crippen molar-refractivity contribution >= 4 is 29.9 Å². The summed E-state index contributed by atoms with van der Waals surface area (Å²) in [7, 11) is 1.68. The Kier molecular flexibility index (Phi) is 5.95. The van der Waals surface area contributed by atoms with Gasteiger partial charge in [0.25, 0.3) is 0 Å². The molecule has 0 spiro atoms. The molecule has 1 aliphatic rings. The predicted octanol–water partition coefficient (Wildman–Crippen LogP) is 3.40. The van der Waals surface area contributed by atoms with E-state index >= 15 is 0 Å². The Morgan fingerprint density at radius 1 is 1.24 bits per heavy atom. The van der Waals surface area contributed by atoms with Crippen molar-refractivity contribution in [3.05, 3.63) is 35.4 Å². The van der Waals surface area contributed by atoms with Crippen LogP contribution in [0, 0.1) is 11.6 Å². The van der Waals surface area contributed by atoms with Gasteiger partial charge in [0.05, 0.1) is 0 Å². The third-order valence-electron chi connectivity index (χ3n) is 3.20. The average Bonchev–Trinajstić information content (AvgIpc) is 3.05. The van der Waals surface area contributed by atoms with Crippen LogP contribution in [0.3, 0.4) is 0 Å². The van der Waals surface area contributed by atoms with E-state index in [0.717, 1.165) is 0 Å². The first-order valence-electron chi connectivity index (χ1n) is 6.77. The Labute approximate surface area is 141 Å². The normalized spacial score (nSPS) is 21.5. The highest BCUT2D eigenvalue weighted by Crippen LogP contribution is 2.43. The number of guanidine groups is 1. The molecule has 6 heteroatoms. The maximum atomic E-state index is 13.7. The molecule has 0 bridgehead atoms. The van der Waals surface area contributed by atoms with E-state index in [9.17, 15) is 8.78 Å². The van der Waals surface area contributed by atoms with Crippen LogP contribution in [0.2, 0.25) is 0 Å². The van der Waals surface area contributed by atoms with Gasteiger partial charge in [-0.1, -0.05) is 6.07 Å². The quantitative estimate of drug-likeness (QED) is 0.446. The largest absolute Gasteiger partial charge is 0.353 e. The molecule has 1 aromatic rings. The number of benzene rings is 1. The SMILES string of the molecule is CN=C(NC1CC1c1c(F)cccc1F)NC(C)(C)C.I. The van der Waals surface area contributed by atoms with Gasteiger partial charge in [0.15, 0.2) is 5.96 Å². The van der Waals surface area contributed by atoms with Crippen molar-refractivity contribution in [2.24, 2.45) is 4.99 Å². The Balaban J connectivity index is 0.00000220. The number of nitrogens with one attached hydrogen (secondary N) is 2. The maximum absolute atomic E-state index is 13.7. The first-order valence-corrected chi connectivity index (χ1v) is 6.77. The molecule has 2 rings (SSSR count). The molecule has 0 saturated heterocycles. The van der Waals surface area contributed by atoms with Gasteiger partial charge in [-0.2, -0.15) is 0 Å². The zero-order valence-electron chi connectivity index (χ0n) is 12.7. The van der Waals surface area contributed by atoms with Crippen LogP contribution < -0.4 is 10.6 Å². The minimum absolute atomic E-state index is 0. The molecule has 0 heterocycles. The summed E-state index contributed by atoms with van der Waals surface area (Å²) in [4.78, 5) is 4.13. The van der Waals surface area contributed by atoms with Crippen LogP contribution in [0.4, 0.5) is 8.78 Å². The van der Waals surface area contributed by atoms with Gasteiger partial charge in [-0.05, 0) is 39.3 Å². The van der Waals surface area contributed by atoms with Crippen LogP contribution in [0.1, 0.15) is 38.7 Å². The van der Waals surface area contributed by atoms with E-state index in [1.54, 1.807) is 7.05 Å². The van der Waals surface area contributed by atoms with Crippen molar-refractivity contribution in [2.75, 3.05) is 7.05 Å². The predicted molar refractivity (Wildman–Crippen MR) is 92.3 cm³/mol. The van der Waals surface area contributed by atoms with E-state index in [0.29, 0.717) is 12.4 Å². The minimum atomic E-state index is -0.474. The van der Waals surface area contributed by atoms with E-state index in [4.69, 9.17) is 0 Å². The lowest BCUT2D eigenvalue weighted by Gasteiger charge is -2.23. The second-order valence-corrected chi connectivity index (χ2v) is 6.18. The lowest BCUT2D eigenvalue weighted by Crippen LogP contribution is -2.48. The highest BCUT2D eigenvalue weighted by Gasteiger charge is 2.42. The van der Waals surface area contributed by atoms with Crippen molar-refractivity contribution in [3.8, 4) is 0 Å².